The SMILES string of the molecule is CN(C)[C@@H](CNc1oc(Cc2cccc3ccccc23)nc1C#N)c1ccco1. The van der Waals surface area contributed by atoms with Crippen LogP contribution in [0, 0.1) is 11.3 Å². The van der Waals surface area contributed by atoms with E-state index in [4.69, 9.17) is 8.83 Å². The van der Waals surface area contributed by atoms with E-state index in [1.807, 2.05) is 49.3 Å². The number of hydrogen-bond donors (Lipinski definition) is 1. The molecule has 2 aromatic carbocycles. The third-order valence-electron chi connectivity index (χ3n) is 4.95. The van der Waals surface area contributed by atoms with Gasteiger partial charge in [-0.2, -0.15) is 5.26 Å². The Balaban J connectivity index is 1.55. The molecule has 6 nitrogen and oxygen atoms in total. The highest BCUT2D eigenvalue weighted by molar-refractivity contribution is 5.85. The number of aromatic nitrogens is 1. The van der Waals surface area contributed by atoms with Gasteiger partial charge in [-0.25, -0.2) is 4.98 Å². The van der Waals surface area contributed by atoms with E-state index in [9.17, 15) is 5.26 Å². The molecule has 0 spiro atoms. The maximum Gasteiger partial charge on any atom is 0.232 e. The first-order valence-corrected chi connectivity index (χ1v) is 9.46. The molecule has 4 rings (SSSR count). The Bertz CT molecular complexity index is 1130. The predicted octanol–water partition coefficient (Wildman–Crippen LogP) is 4.60. The Morgan fingerprint density at radius 2 is 1.93 bits per heavy atom. The number of fused-ring (bicyclic) bond motifs is 1. The minimum absolute atomic E-state index is 0.00293. The number of anilines is 1. The molecule has 29 heavy (non-hydrogen) atoms. The predicted molar refractivity (Wildman–Crippen MR) is 112 cm³/mol. The maximum atomic E-state index is 9.49. The second-order valence-electron chi connectivity index (χ2n) is 7.09. The summed E-state index contributed by atoms with van der Waals surface area (Å²) in [6, 6.07) is 20.3. The molecule has 0 unspecified atom stereocenters. The molecule has 0 saturated heterocycles. The van der Waals surface area contributed by atoms with Crippen LogP contribution < -0.4 is 5.32 Å². The normalized spacial score (nSPS) is 12.2. The maximum absolute atomic E-state index is 9.49. The first-order valence-electron chi connectivity index (χ1n) is 9.46. The molecule has 0 aliphatic carbocycles. The van der Waals surface area contributed by atoms with Crippen LogP contribution >= 0.6 is 0 Å². The zero-order valence-electron chi connectivity index (χ0n) is 16.4. The first kappa shape index (κ1) is 18.8. The second kappa shape index (κ2) is 8.21. The lowest BCUT2D eigenvalue weighted by atomic mass is 10.0. The molecule has 146 valence electrons. The lowest BCUT2D eigenvalue weighted by Gasteiger charge is -2.22. The average molecular weight is 386 g/mol. The summed E-state index contributed by atoms with van der Waals surface area (Å²) in [4.78, 5) is 6.44. The number of benzene rings is 2. The van der Waals surface area contributed by atoms with Gasteiger partial charge in [-0.1, -0.05) is 42.5 Å². The quantitative estimate of drug-likeness (QED) is 0.500. The summed E-state index contributed by atoms with van der Waals surface area (Å²) in [5, 5.41) is 15.0. The third kappa shape index (κ3) is 4.00. The minimum Gasteiger partial charge on any atom is -0.468 e. The fraction of sp³-hybridized carbons (Fsp3) is 0.217. The standard InChI is InChI=1S/C23H22N4O2/c1-27(2)20(21-11-6-12-28-21)15-25-23-19(14-24)26-22(29-23)13-17-9-5-8-16-7-3-4-10-18(16)17/h3-12,20,25H,13,15H2,1-2H3/t20-/m0/s1. The Morgan fingerprint density at radius 3 is 2.69 bits per heavy atom. The van der Waals surface area contributed by atoms with Crippen molar-refractivity contribution < 1.29 is 8.83 Å². The van der Waals surface area contributed by atoms with Gasteiger partial charge in [0.15, 0.2) is 0 Å². The third-order valence-corrected chi connectivity index (χ3v) is 4.95. The number of likely N-dealkylation sites (N-methyl/N-ethyl adjacent to an activating group) is 1. The lowest BCUT2D eigenvalue weighted by molar-refractivity contribution is 0.268. The van der Waals surface area contributed by atoms with Gasteiger partial charge < -0.3 is 14.2 Å². The molecule has 2 aromatic heterocycles. The number of rotatable bonds is 7. The van der Waals surface area contributed by atoms with E-state index in [1.54, 1.807) is 6.26 Å². The zero-order chi connectivity index (χ0) is 20.2. The highest BCUT2D eigenvalue weighted by Gasteiger charge is 2.20. The van der Waals surface area contributed by atoms with E-state index < -0.39 is 0 Å². The minimum atomic E-state index is 0.00293. The topological polar surface area (TPSA) is 78.2 Å². The Labute approximate surface area is 169 Å². The highest BCUT2D eigenvalue weighted by atomic mass is 16.4. The molecular formula is C23H22N4O2. The van der Waals surface area contributed by atoms with Crippen LogP contribution in [-0.2, 0) is 6.42 Å². The van der Waals surface area contributed by atoms with Gasteiger partial charge in [0.2, 0.25) is 17.5 Å². The summed E-state index contributed by atoms with van der Waals surface area (Å²) >= 11 is 0. The largest absolute Gasteiger partial charge is 0.468 e. The van der Waals surface area contributed by atoms with E-state index in [0.29, 0.717) is 24.7 Å². The molecule has 0 aliphatic heterocycles. The van der Waals surface area contributed by atoms with Crippen molar-refractivity contribution in [3.8, 4) is 6.07 Å². The Kier molecular flexibility index (Phi) is 5.32. The average Bonchev–Trinajstić information content (AvgIpc) is 3.38. The molecule has 0 bridgehead atoms. The van der Waals surface area contributed by atoms with Gasteiger partial charge >= 0.3 is 0 Å². The van der Waals surface area contributed by atoms with Crippen molar-refractivity contribution in [2.75, 3.05) is 26.0 Å². The molecule has 0 saturated carbocycles. The molecule has 0 fully saturated rings. The molecule has 1 N–H and O–H groups in total. The summed E-state index contributed by atoms with van der Waals surface area (Å²) in [5.74, 6) is 1.75. The molecule has 4 aromatic rings. The van der Waals surface area contributed by atoms with Crippen LogP contribution in [0.1, 0.15) is 29.0 Å². The van der Waals surface area contributed by atoms with Crippen LogP contribution in [0.3, 0.4) is 0 Å². The number of hydrogen-bond acceptors (Lipinski definition) is 6. The molecule has 0 radical (unpaired) electrons. The molecule has 2 heterocycles. The van der Waals surface area contributed by atoms with Crippen LogP contribution in [0.25, 0.3) is 10.8 Å². The number of oxazole rings is 1. The van der Waals surface area contributed by atoms with Gasteiger partial charge in [0.05, 0.1) is 18.7 Å². The molecule has 6 heteroatoms. The molecule has 0 amide bonds. The summed E-state index contributed by atoms with van der Waals surface area (Å²) in [7, 11) is 3.96. The highest BCUT2D eigenvalue weighted by Crippen LogP contribution is 2.25. The van der Waals surface area contributed by atoms with Gasteiger partial charge in [0.1, 0.15) is 11.8 Å². The zero-order valence-corrected chi connectivity index (χ0v) is 16.4. The van der Waals surface area contributed by atoms with E-state index in [1.165, 1.54) is 5.39 Å². The molecule has 0 aliphatic rings. The van der Waals surface area contributed by atoms with Crippen molar-refractivity contribution in [3.63, 3.8) is 0 Å². The van der Waals surface area contributed by atoms with Crippen LogP contribution in [0.15, 0.2) is 69.7 Å². The van der Waals surface area contributed by atoms with Crippen LogP contribution in [0.4, 0.5) is 5.88 Å². The van der Waals surface area contributed by atoms with Crippen molar-refractivity contribution in [2.24, 2.45) is 0 Å². The van der Waals surface area contributed by atoms with E-state index >= 15 is 0 Å². The summed E-state index contributed by atoms with van der Waals surface area (Å²) in [6.45, 7) is 0.526. The Morgan fingerprint density at radius 1 is 1.10 bits per heavy atom. The number of nitriles is 1. The Hall–Kier alpha value is -3.56. The first-order chi connectivity index (χ1) is 14.2. The number of nitrogens with zero attached hydrogens (tertiary/aromatic N) is 3. The summed E-state index contributed by atoms with van der Waals surface area (Å²) < 4.78 is 11.4. The summed E-state index contributed by atoms with van der Waals surface area (Å²) in [6.07, 6.45) is 2.18. The fourth-order valence-corrected chi connectivity index (χ4v) is 3.45. The van der Waals surface area contributed by atoms with Gasteiger partial charge in [-0.15, -0.1) is 0 Å². The van der Waals surface area contributed by atoms with Crippen molar-refractivity contribution in [3.05, 3.63) is 83.8 Å². The van der Waals surface area contributed by atoms with Crippen LogP contribution in [0.2, 0.25) is 0 Å². The van der Waals surface area contributed by atoms with Crippen molar-refractivity contribution in [1.82, 2.24) is 9.88 Å². The lowest BCUT2D eigenvalue weighted by Crippen LogP contribution is -2.26. The van der Waals surface area contributed by atoms with Gasteiger partial charge in [-0.3, -0.25) is 4.90 Å². The van der Waals surface area contributed by atoms with Crippen molar-refractivity contribution in [2.45, 2.75) is 12.5 Å². The monoisotopic (exact) mass is 386 g/mol. The number of nitrogens with one attached hydrogen (secondary N) is 1. The summed E-state index contributed by atoms with van der Waals surface area (Å²) in [5.41, 5.74) is 1.37. The second-order valence-corrected chi connectivity index (χ2v) is 7.09. The van der Waals surface area contributed by atoms with Crippen LogP contribution in [-0.4, -0.2) is 30.5 Å². The van der Waals surface area contributed by atoms with Crippen molar-refractivity contribution >= 4 is 16.7 Å². The molecule has 1 atom stereocenters. The smallest absolute Gasteiger partial charge is 0.232 e. The molecular weight excluding hydrogens is 364 g/mol. The van der Waals surface area contributed by atoms with E-state index in [0.717, 1.165) is 16.7 Å². The van der Waals surface area contributed by atoms with Crippen LogP contribution in [0.5, 0.6) is 0 Å². The number of furan rings is 1. The van der Waals surface area contributed by atoms with Gasteiger partial charge in [-0.05, 0) is 42.6 Å². The van der Waals surface area contributed by atoms with E-state index in [-0.39, 0.29) is 11.7 Å². The van der Waals surface area contributed by atoms with Gasteiger partial charge in [0, 0.05) is 6.54 Å². The fourth-order valence-electron chi connectivity index (χ4n) is 3.45. The van der Waals surface area contributed by atoms with Gasteiger partial charge in [0.25, 0.3) is 0 Å². The van der Waals surface area contributed by atoms with Crippen molar-refractivity contribution in [1.29, 1.82) is 5.26 Å². The van der Waals surface area contributed by atoms with E-state index in [2.05, 4.69) is 40.6 Å².